The van der Waals surface area contributed by atoms with E-state index in [1.54, 1.807) is 22.2 Å². The fourth-order valence-electron chi connectivity index (χ4n) is 2.77. The summed E-state index contributed by atoms with van der Waals surface area (Å²) in [6.07, 6.45) is 6.58. The van der Waals surface area contributed by atoms with Crippen LogP contribution in [0, 0.1) is 0 Å². The van der Waals surface area contributed by atoms with Crippen LogP contribution >= 0.6 is 11.5 Å². The number of fused-ring (bicyclic) bond motifs is 1. The number of carbonyl (C=O) groups excluding carboxylic acids is 1. The number of hydrogen-bond donors (Lipinski definition) is 4. The number of carbonyl (C=O) groups is 1. The van der Waals surface area contributed by atoms with Gasteiger partial charge < -0.3 is 15.4 Å². The number of rotatable bonds is 4. The van der Waals surface area contributed by atoms with Gasteiger partial charge in [0.1, 0.15) is 11.5 Å². The molecule has 0 aliphatic heterocycles. The van der Waals surface area contributed by atoms with Crippen molar-refractivity contribution in [2.45, 2.75) is 18.9 Å². The highest BCUT2D eigenvalue weighted by molar-refractivity contribution is 7.03. The number of nitrogens with one attached hydrogen (secondary N) is 3. The Morgan fingerprint density at radius 3 is 2.93 bits per heavy atom. The second kappa shape index (κ2) is 6.67. The SMILES string of the molecule is O=C(Nc1cc(=NC2CC2)n2nc/c(=C/c3[nH]c(=O)[nH]c3O)c2n1)c1cnsc1. The molecule has 5 rings (SSSR count). The second-order valence-corrected chi connectivity index (χ2v) is 7.21. The summed E-state index contributed by atoms with van der Waals surface area (Å²) in [5.41, 5.74) is 1.09. The number of aromatic hydroxyl groups is 1. The predicted octanol–water partition coefficient (Wildman–Crippen LogP) is -0.229. The maximum Gasteiger partial charge on any atom is 0.326 e. The van der Waals surface area contributed by atoms with E-state index < -0.39 is 5.69 Å². The van der Waals surface area contributed by atoms with E-state index in [0.29, 0.717) is 27.7 Å². The lowest BCUT2D eigenvalue weighted by Gasteiger charge is -2.04. The highest BCUT2D eigenvalue weighted by Gasteiger charge is 2.20. The van der Waals surface area contributed by atoms with Gasteiger partial charge in [0, 0.05) is 16.7 Å². The molecule has 0 unspecified atom stereocenters. The van der Waals surface area contributed by atoms with Crippen LogP contribution in [0.3, 0.4) is 0 Å². The number of imidazole rings is 1. The maximum atomic E-state index is 12.4. The Bertz CT molecular complexity index is 1390. The zero-order chi connectivity index (χ0) is 20.0. The van der Waals surface area contributed by atoms with Gasteiger partial charge in [-0.3, -0.25) is 14.8 Å². The van der Waals surface area contributed by atoms with E-state index >= 15 is 0 Å². The molecule has 146 valence electrons. The van der Waals surface area contributed by atoms with E-state index in [-0.39, 0.29) is 23.5 Å². The smallest absolute Gasteiger partial charge is 0.326 e. The van der Waals surface area contributed by atoms with Gasteiger partial charge in [-0.25, -0.2) is 14.2 Å². The molecule has 11 nitrogen and oxygen atoms in total. The summed E-state index contributed by atoms with van der Waals surface area (Å²) in [7, 11) is 0. The van der Waals surface area contributed by atoms with Crippen LogP contribution in [0.2, 0.25) is 0 Å². The molecule has 4 aromatic rings. The van der Waals surface area contributed by atoms with Gasteiger partial charge in [-0.2, -0.15) is 9.61 Å². The summed E-state index contributed by atoms with van der Waals surface area (Å²) in [6, 6.07) is 1.89. The molecular weight excluding hydrogens is 396 g/mol. The van der Waals surface area contributed by atoms with Crippen molar-refractivity contribution in [2.75, 3.05) is 5.32 Å². The summed E-state index contributed by atoms with van der Waals surface area (Å²) >= 11 is 1.18. The molecule has 0 saturated heterocycles. The molecule has 4 N–H and O–H groups in total. The lowest BCUT2D eigenvalue weighted by Crippen LogP contribution is -2.22. The van der Waals surface area contributed by atoms with Crippen LogP contribution in [0.4, 0.5) is 5.82 Å². The van der Waals surface area contributed by atoms with E-state index in [4.69, 9.17) is 0 Å². The number of nitrogens with zero attached hydrogens (tertiary/aromatic N) is 5. The van der Waals surface area contributed by atoms with Crippen molar-refractivity contribution in [1.82, 2.24) is 28.9 Å². The molecule has 4 heterocycles. The number of aromatic amines is 2. The van der Waals surface area contributed by atoms with Crippen molar-refractivity contribution < 1.29 is 9.90 Å². The molecule has 4 aromatic heterocycles. The van der Waals surface area contributed by atoms with Crippen LogP contribution in [0.15, 0.2) is 33.6 Å². The topological polar surface area (TPSA) is 153 Å². The van der Waals surface area contributed by atoms with Crippen LogP contribution in [0.5, 0.6) is 5.88 Å². The van der Waals surface area contributed by atoms with E-state index in [1.165, 1.54) is 23.8 Å². The van der Waals surface area contributed by atoms with Gasteiger partial charge in [-0.1, -0.05) is 0 Å². The third-order valence-corrected chi connectivity index (χ3v) is 4.90. The summed E-state index contributed by atoms with van der Waals surface area (Å²) < 4.78 is 5.49. The average Bonchev–Trinajstić information content (AvgIpc) is 3.07. The highest BCUT2D eigenvalue weighted by Crippen LogP contribution is 2.22. The molecule has 0 bridgehead atoms. The Morgan fingerprint density at radius 2 is 2.24 bits per heavy atom. The van der Waals surface area contributed by atoms with Crippen LogP contribution in [-0.2, 0) is 0 Å². The first-order valence-corrected chi connectivity index (χ1v) is 9.57. The van der Waals surface area contributed by atoms with E-state index in [0.717, 1.165) is 12.8 Å². The number of anilines is 1. The number of amides is 1. The van der Waals surface area contributed by atoms with Crippen LogP contribution < -0.4 is 21.7 Å². The molecule has 12 heteroatoms. The normalized spacial score (nSPS) is 15.3. The van der Waals surface area contributed by atoms with Crippen molar-refractivity contribution in [3.05, 3.63) is 56.3 Å². The van der Waals surface area contributed by atoms with Gasteiger partial charge >= 0.3 is 5.69 Å². The Morgan fingerprint density at radius 1 is 1.38 bits per heavy atom. The molecule has 0 spiro atoms. The van der Waals surface area contributed by atoms with Crippen molar-refractivity contribution in [3.63, 3.8) is 0 Å². The molecule has 0 aromatic carbocycles. The fourth-order valence-corrected chi connectivity index (χ4v) is 3.28. The molecule has 1 aliphatic rings. The molecule has 0 atom stereocenters. The number of aromatic nitrogens is 6. The molecule has 1 amide bonds. The molecule has 0 radical (unpaired) electrons. The average molecular weight is 410 g/mol. The zero-order valence-corrected chi connectivity index (χ0v) is 15.6. The highest BCUT2D eigenvalue weighted by atomic mass is 32.1. The first kappa shape index (κ1) is 17.3. The van der Waals surface area contributed by atoms with Crippen LogP contribution in [0.1, 0.15) is 28.9 Å². The van der Waals surface area contributed by atoms with Gasteiger partial charge in [0.15, 0.2) is 11.1 Å². The minimum atomic E-state index is -0.528. The zero-order valence-electron chi connectivity index (χ0n) is 14.8. The monoisotopic (exact) mass is 410 g/mol. The van der Waals surface area contributed by atoms with E-state index in [2.05, 4.69) is 34.7 Å². The quantitative estimate of drug-likeness (QED) is 0.364. The van der Waals surface area contributed by atoms with Crippen LogP contribution in [-0.4, -0.2) is 46.0 Å². The summed E-state index contributed by atoms with van der Waals surface area (Å²) in [5, 5.41) is 19.1. The van der Waals surface area contributed by atoms with E-state index in [1.807, 2.05) is 0 Å². The standard InChI is InChI=1S/C17H14N8O3S/c26-15(9-6-19-29-7-9)23-12-4-13(20-10-1-2-10)25-14(22-12)8(5-18-25)3-11-16(27)24-17(28)21-11/h3-7,10,27H,1-2H2,(H,23,26)(H2,21,24,28)/b8-3-,20-13?. The van der Waals surface area contributed by atoms with Crippen molar-refractivity contribution in [1.29, 1.82) is 0 Å². The van der Waals surface area contributed by atoms with Gasteiger partial charge in [0.25, 0.3) is 5.91 Å². The van der Waals surface area contributed by atoms with Gasteiger partial charge in [0.05, 0.1) is 24.0 Å². The Balaban J connectivity index is 1.66. The van der Waals surface area contributed by atoms with Gasteiger partial charge in [-0.05, 0) is 30.5 Å². The summed E-state index contributed by atoms with van der Waals surface area (Å²) in [5.74, 6) is -0.299. The van der Waals surface area contributed by atoms with Gasteiger partial charge in [-0.15, -0.1) is 0 Å². The Hall–Kier alpha value is -3.80. The lowest BCUT2D eigenvalue weighted by atomic mass is 10.3. The summed E-state index contributed by atoms with van der Waals surface area (Å²) in [4.78, 5) is 37.6. The number of H-pyrrole nitrogens is 2. The number of hydrogen-bond acceptors (Lipinski definition) is 8. The molecule has 1 saturated carbocycles. The predicted molar refractivity (Wildman–Crippen MR) is 104 cm³/mol. The van der Waals surface area contributed by atoms with Crippen molar-refractivity contribution >= 4 is 35.0 Å². The first-order chi connectivity index (χ1) is 14.1. The summed E-state index contributed by atoms with van der Waals surface area (Å²) in [6.45, 7) is 0. The van der Waals surface area contributed by atoms with Crippen molar-refractivity contribution in [3.8, 4) is 5.88 Å². The third-order valence-electron chi connectivity index (χ3n) is 4.31. The molecular formula is C17H14N8O3S. The minimum Gasteiger partial charge on any atom is -0.493 e. The minimum absolute atomic E-state index is 0.200. The van der Waals surface area contributed by atoms with E-state index in [9.17, 15) is 14.7 Å². The maximum absolute atomic E-state index is 12.4. The lowest BCUT2D eigenvalue weighted by molar-refractivity contribution is 0.102. The molecule has 29 heavy (non-hydrogen) atoms. The fraction of sp³-hybridized carbons (Fsp3) is 0.176. The van der Waals surface area contributed by atoms with Crippen molar-refractivity contribution in [2.24, 2.45) is 4.99 Å². The third kappa shape index (κ3) is 3.40. The Kier molecular flexibility index (Phi) is 3.98. The largest absolute Gasteiger partial charge is 0.493 e. The molecule has 1 fully saturated rings. The molecule has 1 aliphatic carbocycles. The Labute approximate surface area is 165 Å². The van der Waals surface area contributed by atoms with Crippen LogP contribution in [0.25, 0.3) is 11.7 Å². The van der Waals surface area contributed by atoms with Gasteiger partial charge in [0.2, 0.25) is 5.88 Å². The second-order valence-electron chi connectivity index (χ2n) is 6.55. The first-order valence-electron chi connectivity index (χ1n) is 8.73.